The van der Waals surface area contributed by atoms with Crippen molar-refractivity contribution in [3.63, 3.8) is 0 Å². The highest BCUT2D eigenvalue weighted by Crippen LogP contribution is 2.34. The number of nitrogens with one attached hydrogen (secondary N) is 1. The quantitative estimate of drug-likeness (QED) is 0.890. The molecular formula is C15H17Cl2N3O2. The summed E-state index contributed by atoms with van der Waals surface area (Å²) in [6.07, 6.45) is 1.64. The molecule has 0 radical (unpaired) electrons. The Bertz CT molecular complexity index is 660. The summed E-state index contributed by atoms with van der Waals surface area (Å²) >= 11 is 12.1. The molecule has 0 unspecified atom stereocenters. The van der Waals surface area contributed by atoms with Crippen molar-refractivity contribution in [3.05, 3.63) is 40.0 Å². The average molecular weight is 342 g/mol. The molecule has 0 aliphatic carbocycles. The molecule has 0 saturated heterocycles. The number of rotatable bonds is 5. The molecule has 1 aromatic heterocycles. The van der Waals surface area contributed by atoms with Gasteiger partial charge in [-0.1, -0.05) is 37.0 Å². The molecule has 2 aromatic rings. The van der Waals surface area contributed by atoms with E-state index in [0.29, 0.717) is 29.6 Å². The molecule has 1 aromatic carbocycles. The van der Waals surface area contributed by atoms with Crippen molar-refractivity contribution >= 4 is 34.9 Å². The van der Waals surface area contributed by atoms with Crippen molar-refractivity contribution in [2.75, 3.05) is 12.4 Å². The first-order valence-electron chi connectivity index (χ1n) is 6.78. The molecule has 0 bridgehead atoms. The van der Waals surface area contributed by atoms with Crippen molar-refractivity contribution in [1.82, 2.24) is 9.78 Å². The van der Waals surface area contributed by atoms with Crippen LogP contribution in [-0.2, 0) is 6.54 Å². The first-order valence-corrected chi connectivity index (χ1v) is 7.54. The van der Waals surface area contributed by atoms with E-state index in [9.17, 15) is 4.79 Å². The normalized spacial score (nSPS) is 10.8. The van der Waals surface area contributed by atoms with E-state index in [1.54, 1.807) is 16.9 Å². The lowest BCUT2D eigenvalue weighted by molar-refractivity contribution is 0.102. The van der Waals surface area contributed by atoms with Crippen molar-refractivity contribution in [2.24, 2.45) is 5.92 Å². The predicted octanol–water partition coefficient (Wildman–Crippen LogP) is 4.11. The van der Waals surface area contributed by atoms with E-state index < -0.39 is 0 Å². The number of aromatic nitrogens is 2. The number of benzene rings is 1. The van der Waals surface area contributed by atoms with Gasteiger partial charge < -0.3 is 10.1 Å². The number of carbonyl (C=O) groups is 1. The maximum Gasteiger partial charge on any atom is 0.256 e. The Kier molecular flexibility index (Phi) is 5.32. The van der Waals surface area contributed by atoms with Crippen LogP contribution in [-0.4, -0.2) is 22.8 Å². The van der Waals surface area contributed by atoms with Gasteiger partial charge in [0.2, 0.25) is 0 Å². The topological polar surface area (TPSA) is 56.1 Å². The molecule has 7 heteroatoms. The van der Waals surface area contributed by atoms with Crippen LogP contribution in [0, 0.1) is 5.92 Å². The Morgan fingerprint density at radius 3 is 2.55 bits per heavy atom. The van der Waals surface area contributed by atoms with Crippen LogP contribution >= 0.6 is 23.2 Å². The highest BCUT2D eigenvalue weighted by atomic mass is 35.5. The number of halogens is 2. The van der Waals surface area contributed by atoms with Gasteiger partial charge in [-0.15, -0.1) is 0 Å². The minimum absolute atomic E-state index is 0.288. The number of hydrogen-bond acceptors (Lipinski definition) is 3. The minimum Gasteiger partial charge on any atom is -0.494 e. The summed E-state index contributed by atoms with van der Waals surface area (Å²) < 4.78 is 6.81. The number of nitrogens with zero attached hydrogens (tertiary/aromatic N) is 2. The Hall–Kier alpha value is -1.72. The van der Waals surface area contributed by atoms with Crippen LogP contribution in [0.25, 0.3) is 0 Å². The van der Waals surface area contributed by atoms with Crippen LogP contribution in [0.4, 0.5) is 5.82 Å². The minimum atomic E-state index is -0.308. The summed E-state index contributed by atoms with van der Waals surface area (Å²) in [7, 11) is 1.47. The van der Waals surface area contributed by atoms with Crippen LogP contribution in [0.15, 0.2) is 24.4 Å². The molecule has 0 aliphatic heterocycles. The predicted molar refractivity (Wildman–Crippen MR) is 88.0 cm³/mol. The van der Waals surface area contributed by atoms with E-state index in [-0.39, 0.29) is 16.0 Å². The molecule has 1 amide bonds. The van der Waals surface area contributed by atoms with Gasteiger partial charge >= 0.3 is 0 Å². The lowest BCUT2D eigenvalue weighted by Gasteiger charge is -2.12. The molecule has 0 saturated carbocycles. The third-order valence-corrected chi connectivity index (χ3v) is 3.52. The summed E-state index contributed by atoms with van der Waals surface area (Å²) in [4.78, 5) is 12.3. The highest BCUT2D eigenvalue weighted by molar-refractivity contribution is 6.37. The fourth-order valence-electron chi connectivity index (χ4n) is 2.00. The number of methoxy groups -OCH3 is 1. The third kappa shape index (κ3) is 3.72. The number of carbonyl (C=O) groups excluding carboxylic acids is 1. The number of anilines is 1. The zero-order valence-corrected chi connectivity index (χ0v) is 14.1. The highest BCUT2D eigenvalue weighted by Gasteiger charge is 2.15. The second-order valence-corrected chi connectivity index (χ2v) is 6.03. The SMILES string of the molecule is COc1c(Cl)cc(C(=O)Nc2ccnn2CC(C)C)cc1Cl. The Balaban J connectivity index is 2.21. The largest absolute Gasteiger partial charge is 0.494 e. The maximum atomic E-state index is 12.3. The molecule has 0 atom stereocenters. The van der Waals surface area contributed by atoms with Gasteiger partial charge in [-0.05, 0) is 18.1 Å². The molecule has 0 spiro atoms. The third-order valence-electron chi connectivity index (χ3n) is 2.96. The van der Waals surface area contributed by atoms with E-state index in [4.69, 9.17) is 27.9 Å². The second kappa shape index (κ2) is 7.03. The van der Waals surface area contributed by atoms with E-state index in [2.05, 4.69) is 24.3 Å². The van der Waals surface area contributed by atoms with Crippen LogP contribution in [0.1, 0.15) is 24.2 Å². The summed E-state index contributed by atoms with van der Waals surface area (Å²) in [5, 5.41) is 7.58. The molecule has 0 aliphatic rings. The van der Waals surface area contributed by atoms with Crippen LogP contribution < -0.4 is 10.1 Å². The lowest BCUT2D eigenvalue weighted by Crippen LogP contribution is -2.17. The molecule has 1 N–H and O–H groups in total. The Labute approximate surface area is 139 Å². The Morgan fingerprint density at radius 1 is 1.36 bits per heavy atom. The van der Waals surface area contributed by atoms with Gasteiger partial charge in [0, 0.05) is 18.2 Å². The van der Waals surface area contributed by atoms with E-state index in [0.717, 1.165) is 0 Å². The maximum absolute atomic E-state index is 12.3. The first-order chi connectivity index (χ1) is 10.4. The van der Waals surface area contributed by atoms with Crippen LogP contribution in [0.2, 0.25) is 10.0 Å². The average Bonchev–Trinajstić information content (AvgIpc) is 2.84. The zero-order chi connectivity index (χ0) is 16.3. The van der Waals surface area contributed by atoms with Gasteiger partial charge in [0.25, 0.3) is 5.91 Å². The van der Waals surface area contributed by atoms with E-state index in [1.165, 1.54) is 19.2 Å². The van der Waals surface area contributed by atoms with Gasteiger partial charge in [0.1, 0.15) is 5.82 Å². The van der Waals surface area contributed by atoms with Gasteiger partial charge in [0.05, 0.1) is 23.4 Å². The molecule has 22 heavy (non-hydrogen) atoms. The van der Waals surface area contributed by atoms with E-state index in [1.807, 2.05) is 0 Å². The van der Waals surface area contributed by atoms with Crippen molar-refractivity contribution in [2.45, 2.75) is 20.4 Å². The molecule has 1 heterocycles. The Morgan fingerprint density at radius 2 is 2.00 bits per heavy atom. The lowest BCUT2D eigenvalue weighted by atomic mass is 10.2. The fourth-order valence-corrected chi connectivity index (χ4v) is 2.65. The van der Waals surface area contributed by atoms with Gasteiger partial charge in [-0.2, -0.15) is 5.10 Å². The van der Waals surface area contributed by atoms with Crippen molar-refractivity contribution < 1.29 is 9.53 Å². The molecule has 0 fully saturated rings. The molecule has 118 valence electrons. The van der Waals surface area contributed by atoms with Crippen LogP contribution in [0.5, 0.6) is 5.75 Å². The second-order valence-electron chi connectivity index (χ2n) is 5.22. The number of hydrogen-bond donors (Lipinski definition) is 1. The van der Waals surface area contributed by atoms with Crippen molar-refractivity contribution in [1.29, 1.82) is 0 Å². The number of amides is 1. The smallest absolute Gasteiger partial charge is 0.256 e. The van der Waals surface area contributed by atoms with Gasteiger partial charge in [-0.3, -0.25) is 4.79 Å². The molecular weight excluding hydrogens is 325 g/mol. The fraction of sp³-hybridized carbons (Fsp3) is 0.333. The summed E-state index contributed by atoms with van der Waals surface area (Å²) in [5.41, 5.74) is 0.355. The first kappa shape index (κ1) is 16.6. The van der Waals surface area contributed by atoms with E-state index >= 15 is 0 Å². The summed E-state index contributed by atoms with van der Waals surface area (Å²) in [6, 6.07) is 4.78. The summed E-state index contributed by atoms with van der Waals surface area (Å²) in [6.45, 7) is 4.87. The molecule has 5 nitrogen and oxygen atoms in total. The van der Waals surface area contributed by atoms with Crippen LogP contribution in [0.3, 0.4) is 0 Å². The van der Waals surface area contributed by atoms with Gasteiger partial charge in [0.15, 0.2) is 5.75 Å². The van der Waals surface area contributed by atoms with Gasteiger partial charge in [-0.25, -0.2) is 4.68 Å². The number of ether oxygens (including phenoxy) is 1. The summed E-state index contributed by atoms with van der Waals surface area (Å²) in [5.74, 6) is 1.09. The zero-order valence-electron chi connectivity index (χ0n) is 12.6. The standard InChI is InChI=1S/C15H17Cl2N3O2/c1-9(2)8-20-13(4-5-18-20)19-15(21)10-6-11(16)14(22-3)12(17)7-10/h4-7,9H,8H2,1-3H3,(H,19,21). The van der Waals surface area contributed by atoms with Crippen molar-refractivity contribution in [3.8, 4) is 5.75 Å². The monoisotopic (exact) mass is 341 g/mol. The molecule has 2 rings (SSSR count).